The summed E-state index contributed by atoms with van der Waals surface area (Å²) in [6.07, 6.45) is 7.40. The van der Waals surface area contributed by atoms with Gasteiger partial charge in [0.2, 0.25) is 11.8 Å². The number of hydrogen-bond acceptors (Lipinski definition) is 3. The third-order valence-corrected chi connectivity index (χ3v) is 3.59. The summed E-state index contributed by atoms with van der Waals surface area (Å²) in [4.78, 5) is 23.0. The predicted octanol–water partition coefficient (Wildman–Crippen LogP) is 3.37. The normalized spacial score (nSPS) is 10.3. The maximum Gasteiger partial charge on any atom is 0.224 e. The number of carbonyl (C=O) groups excluding carboxylic acids is 2. The number of aromatic hydroxyl groups is 1. The summed E-state index contributed by atoms with van der Waals surface area (Å²) in [5.74, 6) is -0.306. The van der Waals surface area contributed by atoms with E-state index in [0.717, 1.165) is 18.4 Å². The molecule has 5 heteroatoms. The molecule has 2 amide bonds. The smallest absolute Gasteiger partial charge is 0.224 e. The third-order valence-electron chi connectivity index (χ3n) is 3.59. The zero-order valence-electron chi connectivity index (χ0n) is 14.2. The standard InChI is InChI=1S/C18H28N2O3/c1-3-4-5-6-7-8-11-19-18(23)13-15-9-10-17(22)16(12-15)20-14(2)21/h9-10,12,22H,3-8,11,13H2,1-2H3,(H,19,23)(H,20,21). The van der Waals surface area contributed by atoms with E-state index in [1.54, 1.807) is 12.1 Å². The summed E-state index contributed by atoms with van der Waals surface area (Å²) < 4.78 is 0. The molecule has 0 saturated heterocycles. The summed E-state index contributed by atoms with van der Waals surface area (Å²) in [7, 11) is 0. The molecule has 128 valence electrons. The first-order valence-corrected chi connectivity index (χ1v) is 8.39. The Morgan fingerprint density at radius 1 is 1.09 bits per heavy atom. The molecule has 3 N–H and O–H groups in total. The number of amides is 2. The second kappa shape index (κ2) is 10.6. The van der Waals surface area contributed by atoms with Gasteiger partial charge in [0.15, 0.2) is 0 Å². The lowest BCUT2D eigenvalue weighted by atomic mass is 10.1. The van der Waals surface area contributed by atoms with Crippen LogP contribution < -0.4 is 10.6 Å². The highest BCUT2D eigenvalue weighted by atomic mass is 16.3. The lowest BCUT2D eigenvalue weighted by Crippen LogP contribution is -2.26. The van der Waals surface area contributed by atoms with Gasteiger partial charge in [-0.05, 0) is 24.1 Å². The minimum Gasteiger partial charge on any atom is -0.506 e. The summed E-state index contributed by atoms with van der Waals surface area (Å²) in [6.45, 7) is 4.27. The van der Waals surface area contributed by atoms with Gasteiger partial charge in [-0.15, -0.1) is 0 Å². The Hall–Kier alpha value is -2.04. The van der Waals surface area contributed by atoms with Crippen molar-refractivity contribution in [2.24, 2.45) is 0 Å². The van der Waals surface area contributed by atoms with E-state index in [9.17, 15) is 14.7 Å². The van der Waals surface area contributed by atoms with E-state index in [4.69, 9.17) is 0 Å². The zero-order valence-corrected chi connectivity index (χ0v) is 14.2. The van der Waals surface area contributed by atoms with Crippen molar-refractivity contribution in [3.63, 3.8) is 0 Å². The summed E-state index contributed by atoms with van der Waals surface area (Å²) in [6, 6.07) is 4.80. The highest BCUT2D eigenvalue weighted by molar-refractivity contribution is 5.90. The fraction of sp³-hybridized carbons (Fsp3) is 0.556. The average molecular weight is 320 g/mol. The van der Waals surface area contributed by atoms with Crippen LogP contribution in [0.15, 0.2) is 18.2 Å². The van der Waals surface area contributed by atoms with Crippen LogP contribution in [0.4, 0.5) is 5.69 Å². The number of benzene rings is 1. The van der Waals surface area contributed by atoms with Crippen LogP contribution in [0.25, 0.3) is 0 Å². The Morgan fingerprint density at radius 3 is 2.48 bits per heavy atom. The van der Waals surface area contributed by atoms with Gasteiger partial charge in [-0.1, -0.05) is 45.1 Å². The van der Waals surface area contributed by atoms with Crippen LogP contribution >= 0.6 is 0 Å². The van der Waals surface area contributed by atoms with Crippen LogP contribution in [0.3, 0.4) is 0 Å². The Bertz CT molecular complexity index is 515. The summed E-state index contributed by atoms with van der Waals surface area (Å²) in [5, 5.41) is 15.1. The van der Waals surface area contributed by atoms with Crippen LogP contribution in [-0.4, -0.2) is 23.5 Å². The molecular formula is C18H28N2O3. The van der Waals surface area contributed by atoms with E-state index in [0.29, 0.717) is 12.2 Å². The van der Waals surface area contributed by atoms with Crippen molar-refractivity contribution in [1.82, 2.24) is 5.32 Å². The van der Waals surface area contributed by atoms with Crippen molar-refractivity contribution in [3.8, 4) is 5.75 Å². The number of phenolic OH excluding ortho intramolecular Hbond substituents is 1. The second-order valence-corrected chi connectivity index (χ2v) is 5.83. The van der Waals surface area contributed by atoms with Crippen molar-refractivity contribution < 1.29 is 14.7 Å². The van der Waals surface area contributed by atoms with Gasteiger partial charge in [-0.2, -0.15) is 0 Å². The number of hydrogen-bond donors (Lipinski definition) is 3. The molecule has 0 saturated carbocycles. The molecule has 23 heavy (non-hydrogen) atoms. The molecule has 0 spiro atoms. The first-order chi connectivity index (χ1) is 11.0. The lowest BCUT2D eigenvalue weighted by Gasteiger charge is -2.09. The molecular weight excluding hydrogens is 292 g/mol. The van der Waals surface area contributed by atoms with E-state index >= 15 is 0 Å². The maximum absolute atomic E-state index is 11.9. The molecule has 0 aromatic heterocycles. The number of carbonyl (C=O) groups is 2. The zero-order chi connectivity index (χ0) is 17.1. The third kappa shape index (κ3) is 8.24. The Kier molecular flexibility index (Phi) is 8.80. The van der Waals surface area contributed by atoms with Crippen LogP contribution in [-0.2, 0) is 16.0 Å². The molecule has 0 bridgehead atoms. The molecule has 5 nitrogen and oxygen atoms in total. The van der Waals surface area contributed by atoms with E-state index in [-0.39, 0.29) is 24.0 Å². The van der Waals surface area contributed by atoms with Gasteiger partial charge >= 0.3 is 0 Å². The molecule has 0 heterocycles. The average Bonchev–Trinajstić information content (AvgIpc) is 2.49. The van der Waals surface area contributed by atoms with Crippen molar-refractivity contribution in [3.05, 3.63) is 23.8 Å². The monoisotopic (exact) mass is 320 g/mol. The molecule has 0 fully saturated rings. The van der Waals surface area contributed by atoms with E-state index in [1.807, 2.05) is 0 Å². The van der Waals surface area contributed by atoms with Crippen LogP contribution in [0.5, 0.6) is 5.75 Å². The molecule has 1 aromatic carbocycles. The molecule has 0 atom stereocenters. The quantitative estimate of drug-likeness (QED) is 0.457. The summed E-state index contributed by atoms with van der Waals surface area (Å²) in [5.41, 5.74) is 1.09. The van der Waals surface area contributed by atoms with Gasteiger partial charge in [0, 0.05) is 13.5 Å². The van der Waals surface area contributed by atoms with Crippen molar-refractivity contribution in [2.45, 2.75) is 58.8 Å². The van der Waals surface area contributed by atoms with Gasteiger partial charge in [0.05, 0.1) is 12.1 Å². The molecule has 1 rings (SSSR count). The minimum atomic E-state index is -0.259. The first-order valence-electron chi connectivity index (χ1n) is 8.39. The number of nitrogens with one attached hydrogen (secondary N) is 2. The maximum atomic E-state index is 11.9. The van der Waals surface area contributed by atoms with Crippen LogP contribution in [0, 0.1) is 0 Å². The predicted molar refractivity (Wildman–Crippen MR) is 92.5 cm³/mol. The van der Waals surface area contributed by atoms with E-state index in [2.05, 4.69) is 17.6 Å². The first kappa shape index (κ1) is 19.0. The number of rotatable bonds is 10. The summed E-state index contributed by atoms with van der Waals surface area (Å²) >= 11 is 0. The van der Waals surface area contributed by atoms with Crippen molar-refractivity contribution in [2.75, 3.05) is 11.9 Å². The van der Waals surface area contributed by atoms with Crippen molar-refractivity contribution in [1.29, 1.82) is 0 Å². The fourth-order valence-electron chi connectivity index (χ4n) is 2.36. The largest absolute Gasteiger partial charge is 0.506 e. The van der Waals surface area contributed by atoms with Gasteiger partial charge in [-0.3, -0.25) is 9.59 Å². The second-order valence-electron chi connectivity index (χ2n) is 5.83. The van der Waals surface area contributed by atoms with E-state index < -0.39 is 0 Å². The lowest BCUT2D eigenvalue weighted by molar-refractivity contribution is -0.120. The highest BCUT2D eigenvalue weighted by Crippen LogP contribution is 2.24. The van der Waals surface area contributed by atoms with Gasteiger partial charge in [0.25, 0.3) is 0 Å². The highest BCUT2D eigenvalue weighted by Gasteiger charge is 2.07. The van der Waals surface area contributed by atoms with E-state index in [1.165, 1.54) is 38.7 Å². The molecule has 1 aromatic rings. The molecule has 0 aliphatic rings. The molecule has 0 unspecified atom stereocenters. The molecule has 0 radical (unpaired) electrons. The number of phenols is 1. The number of anilines is 1. The number of unbranched alkanes of at least 4 members (excludes halogenated alkanes) is 5. The topological polar surface area (TPSA) is 78.4 Å². The fourth-order valence-corrected chi connectivity index (χ4v) is 2.36. The molecule has 0 aliphatic carbocycles. The Morgan fingerprint density at radius 2 is 1.78 bits per heavy atom. The van der Waals surface area contributed by atoms with Gasteiger partial charge < -0.3 is 15.7 Å². The minimum absolute atomic E-state index is 0.00330. The van der Waals surface area contributed by atoms with Crippen LogP contribution in [0.1, 0.15) is 57.9 Å². The SMILES string of the molecule is CCCCCCCCNC(=O)Cc1ccc(O)c(NC(C)=O)c1. The van der Waals surface area contributed by atoms with Crippen molar-refractivity contribution >= 4 is 17.5 Å². The molecule has 0 aliphatic heterocycles. The van der Waals surface area contributed by atoms with Gasteiger partial charge in [-0.25, -0.2) is 0 Å². The van der Waals surface area contributed by atoms with Gasteiger partial charge in [0.1, 0.15) is 5.75 Å². The van der Waals surface area contributed by atoms with Crippen LogP contribution in [0.2, 0.25) is 0 Å². The Balaban J connectivity index is 2.32. The Labute approximate surface area is 138 Å².